The summed E-state index contributed by atoms with van der Waals surface area (Å²) in [5.41, 5.74) is 7.65. The van der Waals surface area contributed by atoms with E-state index in [0.717, 1.165) is 0 Å². The summed E-state index contributed by atoms with van der Waals surface area (Å²) in [6.07, 6.45) is -1.40. The lowest BCUT2D eigenvalue weighted by atomic mass is 10.2. The van der Waals surface area contributed by atoms with Crippen LogP contribution in [0.2, 0.25) is 0 Å². The molecule has 0 spiro atoms. The second-order valence-electron chi connectivity index (χ2n) is 4.35. The van der Waals surface area contributed by atoms with Crippen molar-refractivity contribution in [3.8, 4) is 0 Å². The molecule has 1 aromatic heterocycles. The van der Waals surface area contributed by atoms with Crippen molar-refractivity contribution in [3.05, 3.63) is 18.2 Å². The molecule has 1 saturated heterocycles. The standard InChI is InChI=1S/C11H14N4O3/c12-6-2-1-3-7-11(6)14-15(13-7)10-4-8(17)9(5-16)18-10/h1-3,8-10,16-17H,4-5,12H2/t8-,9+,10+/m0/s1. The van der Waals surface area contributed by atoms with Crippen LogP contribution < -0.4 is 5.73 Å². The van der Waals surface area contributed by atoms with Gasteiger partial charge in [-0.15, -0.1) is 5.10 Å². The number of aliphatic hydroxyl groups excluding tert-OH is 2. The number of aromatic nitrogens is 3. The van der Waals surface area contributed by atoms with E-state index in [4.69, 9.17) is 15.6 Å². The lowest BCUT2D eigenvalue weighted by Gasteiger charge is -2.10. The Hall–Kier alpha value is -1.70. The Morgan fingerprint density at radius 1 is 1.44 bits per heavy atom. The highest BCUT2D eigenvalue weighted by molar-refractivity contribution is 5.85. The third-order valence-electron chi connectivity index (χ3n) is 3.10. The Morgan fingerprint density at radius 2 is 2.28 bits per heavy atom. The van der Waals surface area contributed by atoms with Gasteiger partial charge < -0.3 is 20.7 Å². The molecule has 96 valence electrons. The number of nitrogens with zero attached hydrogens (tertiary/aromatic N) is 3. The van der Waals surface area contributed by atoms with Crippen LogP contribution in [-0.4, -0.2) is 44.0 Å². The molecular formula is C11H14N4O3. The molecule has 0 bridgehead atoms. The number of nitrogens with two attached hydrogens (primary N) is 1. The van der Waals surface area contributed by atoms with Crippen LogP contribution in [0.15, 0.2) is 18.2 Å². The van der Waals surface area contributed by atoms with Gasteiger partial charge in [0.2, 0.25) is 0 Å². The highest BCUT2D eigenvalue weighted by Crippen LogP contribution is 2.28. The fourth-order valence-electron chi connectivity index (χ4n) is 2.12. The minimum Gasteiger partial charge on any atom is -0.397 e. The van der Waals surface area contributed by atoms with Gasteiger partial charge in [0.1, 0.15) is 17.1 Å². The van der Waals surface area contributed by atoms with Gasteiger partial charge in [0.15, 0.2) is 6.23 Å². The zero-order valence-corrected chi connectivity index (χ0v) is 9.60. The maximum atomic E-state index is 9.67. The molecule has 18 heavy (non-hydrogen) atoms. The van der Waals surface area contributed by atoms with Gasteiger partial charge in [-0.1, -0.05) is 6.07 Å². The summed E-state index contributed by atoms with van der Waals surface area (Å²) in [7, 11) is 0. The summed E-state index contributed by atoms with van der Waals surface area (Å²) < 4.78 is 5.48. The van der Waals surface area contributed by atoms with Crippen LogP contribution in [0.1, 0.15) is 12.6 Å². The molecular weight excluding hydrogens is 236 g/mol. The molecule has 0 radical (unpaired) electrons. The van der Waals surface area contributed by atoms with Crippen molar-refractivity contribution in [3.63, 3.8) is 0 Å². The summed E-state index contributed by atoms with van der Waals surface area (Å²) in [6.45, 7) is -0.222. The van der Waals surface area contributed by atoms with Gasteiger partial charge in [0, 0.05) is 6.42 Å². The molecule has 0 aliphatic carbocycles. The van der Waals surface area contributed by atoms with Crippen molar-refractivity contribution in [1.29, 1.82) is 0 Å². The summed E-state index contributed by atoms with van der Waals surface area (Å²) in [5.74, 6) is 0. The van der Waals surface area contributed by atoms with Crippen molar-refractivity contribution < 1.29 is 14.9 Å². The highest BCUT2D eigenvalue weighted by Gasteiger charge is 2.35. The Balaban J connectivity index is 1.94. The third kappa shape index (κ3) is 1.72. The predicted octanol–water partition coefficient (Wildman–Crippen LogP) is -0.346. The number of hydrogen-bond acceptors (Lipinski definition) is 6. The predicted molar refractivity (Wildman–Crippen MR) is 63.6 cm³/mol. The van der Waals surface area contributed by atoms with E-state index >= 15 is 0 Å². The van der Waals surface area contributed by atoms with Crippen LogP contribution in [0, 0.1) is 0 Å². The Kier molecular flexibility index (Phi) is 2.66. The Bertz CT molecular complexity index is 570. The number of ether oxygens (including phenoxy) is 1. The molecule has 2 heterocycles. The molecule has 7 heteroatoms. The number of hydrogen-bond donors (Lipinski definition) is 3. The average molecular weight is 250 g/mol. The monoisotopic (exact) mass is 250 g/mol. The van der Waals surface area contributed by atoms with Gasteiger partial charge >= 0.3 is 0 Å². The first-order chi connectivity index (χ1) is 8.69. The van der Waals surface area contributed by atoms with Gasteiger partial charge in [-0.05, 0) is 12.1 Å². The van der Waals surface area contributed by atoms with E-state index in [-0.39, 0.29) is 6.61 Å². The number of fused-ring (bicyclic) bond motifs is 1. The summed E-state index contributed by atoms with van der Waals surface area (Å²) in [4.78, 5) is 1.40. The molecule has 0 unspecified atom stereocenters. The molecule has 7 nitrogen and oxygen atoms in total. The van der Waals surface area contributed by atoms with E-state index in [1.165, 1.54) is 4.80 Å². The Morgan fingerprint density at radius 3 is 2.94 bits per heavy atom. The lowest BCUT2D eigenvalue weighted by Crippen LogP contribution is -2.24. The van der Waals surface area contributed by atoms with Gasteiger partial charge in [-0.2, -0.15) is 9.90 Å². The highest BCUT2D eigenvalue weighted by atomic mass is 16.5. The maximum absolute atomic E-state index is 9.67. The van der Waals surface area contributed by atoms with Crippen molar-refractivity contribution in [2.75, 3.05) is 12.3 Å². The van der Waals surface area contributed by atoms with E-state index < -0.39 is 18.4 Å². The average Bonchev–Trinajstić information content (AvgIpc) is 2.93. The molecule has 1 aliphatic heterocycles. The summed E-state index contributed by atoms with van der Waals surface area (Å²) in [5, 5.41) is 27.2. The second kappa shape index (κ2) is 4.20. The minimum atomic E-state index is -0.702. The normalized spacial score (nSPS) is 28.0. The fourth-order valence-corrected chi connectivity index (χ4v) is 2.12. The molecule has 3 atom stereocenters. The fraction of sp³-hybridized carbons (Fsp3) is 0.455. The molecule has 2 aromatic rings. The van der Waals surface area contributed by atoms with Gasteiger partial charge in [0.25, 0.3) is 0 Å². The topological polar surface area (TPSA) is 106 Å². The van der Waals surface area contributed by atoms with Crippen LogP contribution in [-0.2, 0) is 4.74 Å². The van der Waals surface area contributed by atoms with Crippen LogP contribution in [0.25, 0.3) is 11.0 Å². The zero-order valence-electron chi connectivity index (χ0n) is 9.60. The first-order valence-corrected chi connectivity index (χ1v) is 5.74. The van der Waals surface area contributed by atoms with Gasteiger partial charge in [-0.25, -0.2) is 0 Å². The minimum absolute atomic E-state index is 0.222. The van der Waals surface area contributed by atoms with Crippen LogP contribution in [0.3, 0.4) is 0 Å². The third-order valence-corrected chi connectivity index (χ3v) is 3.10. The van der Waals surface area contributed by atoms with E-state index in [2.05, 4.69) is 10.2 Å². The summed E-state index contributed by atoms with van der Waals surface area (Å²) >= 11 is 0. The smallest absolute Gasteiger partial charge is 0.172 e. The van der Waals surface area contributed by atoms with E-state index in [9.17, 15) is 5.11 Å². The van der Waals surface area contributed by atoms with Gasteiger partial charge in [0.05, 0.1) is 18.4 Å². The van der Waals surface area contributed by atoms with E-state index in [1.54, 1.807) is 12.1 Å². The SMILES string of the molecule is Nc1cccc2nn([C@H]3C[C@H](O)[C@@H](CO)O3)nc12. The number of nitrogen functional groups attached to an aromatic ring is 1. The zero-order chi connectivity index (χ0) is 12.7. The Labute approximate surface area is 103 Å². The molecule has 1 aliphatic rings. The van der Waals surface area contributed by atoms with Crippen LogP contribution >= 0.6 is 0 Å². The van der Waals surface area contributed by atoms with Gasteiger partial charge in [-0.3, -0.25) is 0 Å². The second-order valence-corrected chi connectivity index (χ2v) is 4.35. The first-order valence-electron chi connectivity index (χ1n) is 5.74. The molecule has 1 aromatic carbocycles. The van der Waals surface area contributed by atoms with E-state index in [1.807, 2.05) is 6.07 Å². The van der Waals surface area contributed by atoms with Crippen molar-refractivity contribution in [1.82, 2.24) is 15.0 Å². The largest absolute Gasteiger partial charge is 0.397 e. The lowest BCUT2D eigenvalue weighted by molar-refractivity contribution is -0.0529. The number of rotatable bonds is 2. The number of anilines is 1. The van der Waals surface area contributed by atoms with Crippen molar-refractivity contribution in [2.24, 2.45) is 0 Å². The van der Waals surface area contributed by atoms with Crippen LogP contribution in [0.4, 0.5) is 5.69 Å². The molecule has 3 rings (SSSR count). The first kappa shape index (κ1) is 11.4. The molecule has 1 fully saturated rings. The maximum Gasteiger partial charge on any atom is 0.172 e. The van der Waals surface area contributed by atoms with E-state index in [0.29, 0.717) is 23.1 Å². The number of benzene rings is 1. The van der Waals surface area contributed by atoms with Crippen LogP contribution in [0.5, 0.6) is 0 Å². The van der Waals surface area contributed by atoms with Crippen molar-refractivity contribution >= 4 is 16.7 Å². The number of aliphatic hydroxyl groups is 2. The quantitative estimate of drug-likeness (QED) is 0.629. The molecule has 4 N–H and O–H groups in total. The van der Waals surface area contributed by atoms with Crippen molar-refractivity contribution in [2.45, 2.75) is 24.9 Å². The summed E-state index contributed by atoms with van der Waals surface area (Å²) in [6, 6.07) is 5.36. The molecule has 0 amide bonds. The molecule has 0 saturated carbocycles.